The highest BCUT2D eigenvalue weighted by Crippen LogP contribution is 2.28. The summed E-state index contributed by atoms with van der Waals surface area (Å²) >= 11 is 0. The molecule has 200 valence electrons. The van der Waals surface area contributed by atoms with E-state index in [0.717, 1.165) is 48.1 Å². The average Bonchev–Trinajstić information content (AvgIpc) is 3.02. The third-order valence-electron chi connectivity index (χ3n) is 7.17. The van der Waals surface area contributed by atoms with E-state index in [2.05, 4.69) is 39.5 Å². The Hall–Kier alpha value is -4.81. The number of ketones is 1. The average molecular weight is 529 g/mol. The van der Waals surface area contributed by atoms with Crippen molar-refractivity contribution in [2.45, 2.75) is 13.0 Å². The van der Waals surface area contributed by atoms with E-state index in [1.165, 1.54) is 5.56 Å². The molecule has 0 bridgehead atoms. The highest BCUT2D eigenvalue weighted by Gasteiger charge is 2.23. The van der Waals surface area contributed by atoms with Crippen LogP contribution >= 0.6 is 0 Å². The van der Waals surface area contributed by atoms with Gasteiger partial charge in [0, 0.05) is 50.1 Å². The number of pyridine rings is 2. The molecule has 0 spiro atoms. The predicted octanol–water partition coefficient (Wildman–Crippen LogP) is 6.87. The largest absolute Gasteiger partial charge is 0.457 e. The molecule has 1 fully saturated rings. The number of piperazine rings is 1. The second-order valence-electron chi connectivity index (χ2n) is 9.87. The van der Waals surface area contributed by atoms with Crippen LogP contribution in [0.1, 0.15) is 34.8 Å². The van der Waals surface area contributed by atoms with E-state index in [0.29, 0.717) is 17.0 Å². The maximum atomic E-state index is 13.7. The fourth-order valence-corrected chi connectivity index (χ4v) is 4.99. The Morgan fingerprint density at radius 1 is 0.875 bits per heavy atom. The van der Waals surface area contributed by atoms with Gasteiger partial charge >= 0.3 is 0 Å². The van der Waals surface area contributed by atoms with Crippen LogP contribution < -0.4 is 15.0 Å². The number of anilines is 1. The minimum absolute atomic E-state index is 0. The number of aromatic nitrogens is 2. The molecule has 1 aliphatic heterocycles. The standard InChI is InChI=1S/C34H30N4O2.H2/c1-24-30(21-27(22-36-24)25-15-17-29(18-16-25)40-28-11-6-3-7-12-28)34(39)31-13-8-14-33(37-31)38-20-19-35-32(23-38)26-9-4-2-5-10-26;/h2-18,21-22,32,35H,19-20,23H2,1H3;1H. The molecule has 2 aromatic heterocycles. The maximum absolute atomic E-state index is 13.7. The Bertz CT molecular complexity index is 1610. The van der Waals surface area contributed by atoms with Crippen LogP contribution in [0, 0.1) is 6.92 Å². The van der Waals surface area contributed by atoms with Gasteiger partial charge in [0.25, 0.3) is 0 Å². The van der Waals surface area contributed by atoms with E-state index >= 15 is 0 Å². The van der Waals surface area contributed by atoms with E-state index < -0.39 is 0 Å². The van der Waals surface area contributed by atoms with Gasteiger partial charge in [0.05, 0.1) is 0 Å². The van der Waals surface area contributed by atoms with Gasteiger partial charge in [0.15, 0.2) is 0 Å². The van der Waals surface area contributed by atoms with Gasteiger partial charge in [-0.05, 0) is 60.5 Å². The van der Waals surface area contributed by atoms with Crippen molar-refractivity contribution < 1.29 is 11.0 Å². The first-order valence-electron chi connectivity index (χ1n) is 13.5. The number of ether oxygens (including phenoxy) is 1. The smallest absolute Gasteiger partial charge is 0.213 e. The summed E-state index contributed by atoms with van der Waals surface area (Å²) in [6.07, 6.45) is 1.80. The minimum Gasteiger partial charge on any atom is -0.457 e. The van der Waals surface area contributed by atoms with Crippen LogP contribution in [0.4, 0.5) is 5.82 Å². The van der Waals surface area contributed by atoms with Crippen molar-refractivity contribution >= 4 is 11.6 Å². The van der Waals surface area contributed by atoms with Crippen molar-refractivity contribution in [3.8, 4) is 22.6 Å². The number of hydrogen-bond acceptors (Lipinski definition) is 6. The van der Waals surface area contributed by atoms with Crippen LogP contribution in [-0.2, 0) is 0 Å². The van der Waals surface area contributed by atoms with E-state index in [4.69, 9.17) is 9.72 Å². The van der Waals surface area contributed by atoms with Crippen molar-refractivity contribution in [1.82, 2.24) is 15.3 Å². The third-order valence-corrected chi connectivity index (χ3v) is 7.17. The van der Waals surface area contributed by atoms with Crippen LogP contribution in [0.3, 0.4) is 0 Å². The summed E-state index contributed by atoms with van der Waals surface area (Å²) < 4.78 is 5.92. The molecular weight excluding hydrogens is 496 g/mol. The fraction of sp³-hybridized carbons (Fsp3) is 0.147. The Kier molecular flexibility index (Phi) is 7.33. The first-order chi connectivity index (χ1) is 19.6. The van der Waals surface area contributed by atoms with Gasteiger partial charge in [-0.2, -0.15) is 0 Å². The molecule has 40 heavy (non-hydrogen) atoms. The van der Waals surface area contributed by atoms with Crippen LogP contribution in [-0.4, -0.2) is 35.4 Å². The number of nitrogens with one attached hydrogen (secondary N) is 1. The lowest BCUT2D eigenvalue weighted by molar-refractivity contribution is 0.103. The van der Waals surface area contributed by atoms with Crippen LogP contribution in [0.15, 0.2) is 115 Å². The van der Waals surface area contributed by atoms with Gasteiger partial charge < -0.3 is 15.0 Å². The topological polar surface area (TPSA) is 67.3 Å². The first-order valence-corrected chi connectivity index (χ1v) is 13.5. The Balaban J connectivity index is 0.00000337. The zero-order valence-corrected chi connectivity index (χ0v) is 22.3. The lowest BCUT2D eigenvalue weighted by atomic mass is 10.0. The summed E-state index contributed by atoms with van der Waals surface area (Å²) in [6, 6.07) is 35.7. The highest BCUT2D eigenvalue weighted by atomic mass is 16.5. The molecule has 0 aliphatic carbocycles. The quantitative estimate of drug-likeness (QED) is 0.233. The molecule has 1 N–H and O–H groups in total. The van der Waals surface area contributed by atoms with Gasteiger partial charge in [0.1, 0.15) is 23.0 Å². The highest BCUT2D eigenvalue weighted by molar-refractivity contribution is 6.09. The lowest BCUT2D eigenvalue weighted by Crippen LogP contribution is -2.46. The molecule has 0 saturated carbocycles. The molecular formula is C34H32N4O2. The lowest BCUT2D eigenvalue weighted by Gasteiger charge is -2.35. The summed E-state index contributed by atoms with van der Waals surface area (Å²) in [5.41, 5.74) is 4.71. The van der Waals surface area contributed by atoms with Crippen molar-refractivity contribution in [1.29, 1.82) is 0 Å². The number of rotatable bonds is 7. The normalized spacial score (nSPS) is 15.0. The van der Waals surface area contributed by atoms with Gasteiger partial charge in [-0.1, -0.05) is 66.7 Å². The van der Waals surface area contributed by atoms with Crippen LogP contribution in [0.2, 0.25) is 0 Å². The maximum Gasteiger partial charge on any atom is 0.213 e. The summed E-state index contributed by atoms with van der Waals surface area (Å²) in [7, 11) is 0. The van der Waals surface area contributed by atoms with Crippen molar-refractivity contribution in [2.24, 2.45) is 0 Å². The number of nitrogens with zero attached hydrogens (tertiary/aromatic N) is 3. The van der Waals surface area contributed by atoms with Crippen molar-refractivity contribution in [3.63, 3.8) is 0 Å². The van der Waals surface area contributed by atoms with Gasteiger partial charge in [-0.15, -0.1) is 0 Å². The minimum atomic E-state index is -0.132. The monoisotopic (exact) mass is 528 g/mol. The molecule has 1 saturated heterocycles. The molecule has 5 aromatic rings. The fourth-order valence-electron chi connectivity index (χ4n) is 4.99. The molecule has 6 nitrogen and oxygen atoms in total. The van der Waals surface area contributed by atoms with Crippen LogP contribution in [0.25, 0.3) is 11.1 Å². The molecule has 0 amide bonds. The number of carbonyl (C=O) groups is 1. The molecule has 3 aromatic carbocycles. The second-order valence-corrected chi connectivity index (χ2v) is 9.87. The molecule has 1 unspecified atom stereocenters. The molecule has 0 radical (unpaired) electrons. The zero-order chi connectivity index (χ0) is 27.3. The number of para-hydroxylation sites is 1. The van der Waals surface area contributed by atoms with Gasteiger partial charge in [-0.25, -0.2) is 4.98 Å². The van der Waals surface area contributed by atoms with E-state index in [-0.39, 0.29) is 13.3 Å². The van der Waals surface area contributed by atoms with Crippen molar-refractivity contribution in [3.05, 3.63) is 138 Å². The van der Waals surface area contributed by atoms with E-state index in [1.54, 1.807) is 12.3 Å². The Morgan fingerprint density at radius 2 is 1.60 bits per heavy atom. The summed E-state index contributed by atoms with van der Waals surface area (Å²) in [6.45, 7) is 4.32. The number of carbonyl (C=O) groups excluding carboxylic acids is 1. The predicted molar refractivity (Wildman–Crippen MR) is 160 cm³/mol. The summed E-state index contributed by atoms with van der Waals surface area (Å²) in [5.74, 6) is 2.21. The van der Waals surface area contributed by atoms with Gasteiger partial charge in [0.2, 0.25) is 5.78 Å². The van der Waals surface area contributed by atoms with Crippen LogP contribution in [0.5, 0.6) is 11.5 Å². The number of hydrogen-bond donors (Lipinski definition) is 1. The first kappa shape index (κ1) is 25.5. The van der Waals surface area contributed by atoms with E-state index in [1.807, 2.05) is 85.8 Å². The second kappa shape index (κ2) is 11.5. The molecule has 6 rings (SSSR count). The number of benzene rings is 3. The third kappa shape index (κ3) is 5.63. The Morgan fingerprint density at radius 3 is 2.38 bits per heavy atom. The summed E-state index contributed by atoms with van der Waals surface area (Å²) in [5, 5.41) is 3.59. The number of aryl methyl sites for hydroxylation is 1. The molecule has 1 aliphatic rings. The Labute approximate surface area is 235 Å². The zero-order valence-electron chi connectivity index (χ0n) is 22.3. The van der Waals surface area contributed by atoms with E-state index in [9.17, 15) is 4.79 Å². The van der Waals surface area contributed by atoms with Gasteiger partial charge in [-0.3, -0.25) is 9.78 Å². The molecule has 3 heterocycles. The SMILES string of the molecule is Cc1ncc(-c2ccc(Oc3ccccc3)cc2)cc1C(=O)c1cccc(N2CCNC(c3ccccc3)C2)n1.[HH]. The molecule has 1 atom stereocenters. The summed E-state index contributed by atoms with van der Waals surface area (Å²) in [4.78, 5) is 25.3. The van der Waals surface area contributed by atoms with Crippen molar-refractivity contribution in [2.75, 3.05) is 24.5 Å². The molecule has 6 heteroatoms.